The Kier molecular flexibility index (Phi) is 6.22. The third kappa shape index (κ3) is 4.74. The van der Waals surface area contributed by atoms with Gasteiger partial charge in [-0.15, -0.1) is 0 Å². The van der Waals surface area contributed by atoms with Gasteiger partial charge in [-0.05, 0) is 80.3 Å². The molecule has 2 N–H and O–H groups in total. The second kappa shape index (κ2) is 8.88. The third-order valence-corrected chi connectivity index (χ3v) is 5.85. The molecule has 162 valence electrons. The van der Waals surface area contributed by atoms with Gasteiger partial charge in [0.1, 0.15) is 47.5 Å². The number of nitrogens with zero attached hydrogens (tertiary/aromatic N) is 1. The van der Waals surface area contributed by atoms with E-state index in [1.165, 1.54) is 24.3 Å². The van der Waals surface area contributed by atoms with Crippen LogP contribution >= 0.6 is 0 Å². The molecule has 30 heavy (non-hydrogen) atoms. The van der Waals surface area contributed by atoms with Gasteiger partial charge in [0.2, 0.25) is 0 Å². The van der Waals surface area contributed by atoms with Crippen LogP contribution in [0.4, 0.5) is 8.78 Å². The predicted molar refractivity (Wildman–Crippen MR) is 108 cm³/mol. The quantitative estimate of drug-likeness (QED) is 0.754. The van der Waals surface area contributed by atoms with Crippen LogP contribution in [0.5, 0.6) is 11.5 Å². The minimum atomic E-state index is -0.739. The largest absolute Gasteiger partial charge is 0.487 e. The fourth-order valence-corrected chi connectivity index (χ4v) is 4.25. The van der Waals surface area contributed by atoms with E-state index in [4.69, 9.17) is 9.47 Å². The number of aryl methyl sites for hydroxylation is 2. The van der Waals surface area contributed by atoms with Crippen LogP contribution in [0.1, 0.15) is 24.0 Å². The molecular formula is C23H27F2NO4. The molecule has 2 aromatic rings. The van der Waals surface area contributed by atoms with Crippen LogP contribution in [-0.2, 0) is 12.8 Å². The number of benzene rings is 2. The van der Waals surface area contributed by atoms with Gasteiger partial charge in [-0.2, -0.15) is 0 Å². The summed E-state index contributed by atoms with van der Waals surface area (Å²) in [6.45, 7) is 0.652. The van der Waals surface area contributed by atoms with Gasteiger partial charge < -0.3 is 24.6 Å². The minimum absolute atomic E-state index is 0.289. The second-order valence-corrected chi connectivity index (χ2v) is 8.25. The Hall–Kier alpha value is -2.22. The lowest BCUT2D eigenvalue weighted by molar-refractivity contribution is -0.0212. The first kappa shape index (κ1) is 21.0. The van der Waals surface area contributed by atoms with E-state index in [0.717, 1.165) is 11.1 Å². The van der Waals surface area contributed by atoms with Gasteiger partial charge in [0.25, 0.3) is 0 Å². The topological polar surface area (TPSA) is 62.2 Å². The summed E-state index contributed by atoms with van der Waals surface area (Å²) in [6, 6.07) is 8.84. The zero-order valence-corrected chi connectivity index (χ0v) is 16.9. The highest BCUT2D eigenvalue weighted by atomic mass is 19.1. The molecule has 2 aliphatic rings. The molecular weight excluding hydrogens is 392 g/mol. The molecule has 0 aromatic heterocycles. The van der Waals surface area contributed by atoms with Gasteiger partial charge >= 0.3 is 0 Å². The fourth-order valence-electron chi connectivity index (χ4n) is 4.25. The number of ether oxygens (including phenoxy) is 2. The molecule has 0 amide bonds. The van der Waals surface area contributed by atoms with Crippen LogP contribution in [0.2, 0.25) is 0 Å². The molecule has 0 bridgehead atoms. The van der Waals surface area contributed by atoms with Gasteiger partial charge in [0.05, 0.1) is 0 Å². The summed E-state index contributed by atoms with van der Waals surface area (Å²) in [4.78, 5) is 1.85. The summed E-state index contributed by atoms with van der Waals surface area (Å²) in [7, 11) is 1.82. The van der Waals surface area contributed by atoms with Crippen molar-refractivity contribution in [2.24, 2.45) is 0 Å². The van der Waals surface area contributed by atoms with Gasteiger partial charge in [0.15, 0.2) is 0 Å². The van der Waals surface area contributed by atoms with Crippen LogP contribution in [-0.4, -0.2) is 59.7 Å². The Bertz CT molecular complexity index is 822. The molecule has 4 unspecified atom stereocenters. The number of rotatable bonds is 6. The van der Waals surface area contributed by atoms with Gasteiger partial charge in [-0.1, -0.05) is 0 Å². The first-order chi connectivity index (χ1) is 14.4. The zero-order chi connectivity index (χ0) is 21.3. The number of aliphatic hydroxyl groups is 2. The Morgan fingerprint density at radius 2 is 1.30 bits per heavy atom. The van der Waals surface area contributed by atoms with E-state index in [1.54, 1.807) is 12.1 Å². The van der Waals surface area contributed by atoms with Gasteiger partial charge in [0, 0.05) is 13.1 Å². The Labute approximate surface area is 174 Å². The van der Waals surface area contributed by atoms with Crippen LogP contribution in [0.25, 0.3) is 0 Å². The number of aliphatic hydroxyl groups excluding tert-OH is 2. The highest BCUT2D eigenvalue weighted by molar-refractivity contribution is 5.36. The summed E-state index contributed by atoms with van der Waals surface area (Å²) in [5, 5.41) is 21.2. The molecule has 4 atom stereocenters. The van der Waals surface area contributed by atoms with Crippen molar-refractivity contribution in [3.05, 3.63) is 59.2 Å². The number of likely N-dealkylation sites (N-methyl/N-ethyl adjacent to an activating group) is 1. The number of fused-ring (bicyclic) bond motifs is 2. The summed E-state index contributed by atoms with van der Waals surface area (Å²) in [5.74, 6) is 0.644. The standard InChI is InChI=1S/C23H27F2NO4/c1-26(12-18(27)22-6-2-14-10-16(24)4-8-20(14)29-22)13-19(28)23-7-3-15-11-17(25)5-9-21(15)30-23/h4-5,8-11,18-19,22-23,27-28H,2-3,6-7,12-13H2,1H3. The fraction of sp³-hybridized carbons (Fsp3) is 0.478. The summed E-state index contributed by atoms with van der Waals surface area (Å²) in [6.07, 6.45) is 0.271. The van der Waals surface area contributed by atoms with Gasteiger partial charge in [-0.3, -0.25) is 0 Å². The van der Waals surface area contributed by atoms with E-state index in [0.29, 0.717) is 50.3 Å². The van der Waals surface area contributed by atoms with Crippen molar-refractivity contribution in [2.75, 3.05) is 20.1 Å². The lowest BCUT2D eigenvalue weighted by atomic mass is 9.98. The highest BCUT2D eigenvalue weighted by Crippen LogP contribution is 2.31. The first-order valence-electron chi connectivity index (χ1n) is 10.3. The van der Waals surface area contributed by atoms with Crippen molar-refractivity contribution in [3.63, 3.8) is 0 Å². The molecule has 2 heterocycles. The van der Waals surface area contributed by atoms with Crippen molar-refractivity contribution in [1.29, 1.82) is 0 Å². The smallest absolute Gasteiger partial charge is 0.126 e. The maximum Gasteiger partial charge on any atom is 0.126 e. The molecule has 0 spiro atoms. The van der Waals surface area contributed by atoms with Crippen molar-refractivity contribution < 1.29 is 28.5 Å². The third-order valence-electron chi connectivity index (χ3n) is 5.85. The van der Waals surface area contributed by atoms with Crippen molar-refractivity contribution >= 4 is 0 Å². The second-order valence-electron chi connectivity index (χ2n) is 8.25. The number of halogens is 2. The van der Waals surface area contributed by atoms with Crippen molar-refractivity contribution in [1.82, 2.24) is 4.90 Å². The molecule has 0 saturated heterocycles. The van der Waals surface area contributed by atoms with E-state index < -0.39 is 12.2 Å². The lowest BCUT2D eigenvalue weighted by Gasteiger charge is -2.34. The Balaban J connectivity index is 1.28. The van der Waals surface area contributed by atoms with Crippen LogP contribution in [0, 0.1) is 11.6 Å². The predicted octanol–water partition coefficient (Wildman–Crippen LogP) is 2.71. The normalized spacial score (nSPS) is 22.5. The number of hydrogen-bond donors (Lipinski definition) is 2. The average Bonchev–Trinajstić information content (AvgIpc) is 2.72. The van der Waals surface area contributed by atoms with E-state index in [1.807, 2.05) is 11.9 Å². The van der Waals surface area contributed by atoms with E-state index in [2.05, 4.69) is 0 Å². The minimum Gasteiger partial charge on any atom is -0.487 e. The molecule has 2 aliphatic heterocycles. The summed E-state index contributed by atoms with van der Waals surface area (Å²) >= 11 is 0. The molecule has 0 saturated carbocycles. The maximum absolute atomic E-state index is 13.3. The van der Waals surface area contributed by atoms with Crippen LogP contribution in [0.3, 0.4) is 0 Å². The van der Waals surface area contributed by atoms with E-state index >= 15 is 0 Å². The maximum atomic E-state index is 13.3. The highest BCUT2D eigenvalue weighted by Gasteiger charge is 2.30. The summed E-state index contributed by atoms with van der Waals surface area (Å²) < 4.78 is 38.4. The Morgan fingerprint density at radius 3 is 1.73 bits per heavy atom. The van der Waals surface area contributed by atoms with Gasteiger partial charge in [-0.25, -0.2) is 8.78 Å². The first-order valence-corrected chi connectivity index (χ1v) is 10.3. The molecule has 5 nitrogen and oxygen atoms in total. The van der Waals surface area contributed by atoms with E-state index in [-0.39, 0.29) is 23.8 Å². The molecule has 7 heteroatoms. The molecule has 0 radical (unpaired) electrons. The lowest BCUT2D eigenvalue weighted by Crippen LogP contribution is -2.47. The van der Waals surface area contributed by atoms with E-state index in [9.17, 15) is 19.0 Å². The van der Waals surface area contributed by atoms with Crippen molar-refractivity contribution in [2.45, 2.75) is 50.1 Å². The van der Waals surface area contributed by atoms with Crippen LogP contribution < -0.4 is 9.47 Å². The molecule has 0 fully saturated rings. The SMILES string of the molecule is CN(CC(O)C1CCc2cc(F)ccc2O1)CC(O)C1CCc2cc(F)ccc2O1. The molecule has 0 aliphatic carbocycles. The average molecular weight is 419 g/mol. The monoisotopic (exact) mass is 419 g/mol. The number of hydrogen-bond acceptors (Lipinski definition) is 5. The van der Waals surface area contributed by atoms with Crippen molar-refractivity contribution in [3.8, 4) is 11.5 Å². The zero-order valence-electron chi connectivity index (χ0n) is 16.9. The molecule has 2 aromatic carbocycles. The Morgan fingerprint density at radius 1 is 0.867 bits per heavy atom. The summed E-state index contributed by atoms with van der Waals surface area (Å²) in [5.41, 5.74) is 1.63. The molecule has 4 rings (SSSR count). The van der Waals surface area contributed by atoms with Crippen LogP contribution in [0.15, 0.2) is 36.4 Å².